The molecule has 4 atom stereocenters. The lowest BCUT2D eigenvalue weighted by Crippen LogP contribution is -2.45. The highest BCUT2D eigenvalue weighted by atomic mass is 16.6. The molecule has 0 saturated carbocycles. The monoisotopic (exact) mass is 1550 g/mol. The molecule has 1 aromatic rings. The summed E-state index contributed by atoms with van der Waals surface area (Å²) in [5.74, 6) is -7.59. The molecule has 0 fully saturated rings. The summed E-state index contributed by atoms with van der Waals surface area (Å²) >= 11 is 0. The summed E-state index contributed by atoms with van der Waals surface area (Å²) in [6, 6.07) is 4.84. The van der Waals surface area contributed by atoms with Crippen molar-refractivity contribution >= 4 is 94.2 Å². The summed E-state index contributed by atoms with van der Waals surface area (Å²) in [6.07, 6.45) is 17.7. The third-order valence-electron chi connectivity index (χ3n) is 19.3. The predicted octanol–water partition coefficient (Wildman–Crippen LogP) is 8.47. The second-order valence-electron chi connectivity index (χ2n) is 30.8. The SMILES string of the molecule is CCCCCCCCCCCCCCCC(=O)NCCC(=O)N(C)CC(=O)N(C)CC(=O)C[C@@H](CCCCNC(=O)CCCC(=O)N[C@H](C(=O)C[C@@H](CCCNC(N)=O)C(=O)Nc1ccc(COC(=O)N(C)CCN(C)C(=O)C(C)C)cc1)C(C)C)C(=O)N(C)CC(=O)N(C)CC(=O)C[C@@H](C)C(=O)NCCCC(C)C. The number of primary amides is 1. The predicted molar refractivity (Wildman–Crippen MR) is 425 cm³/mol. The van der Waals surface area contributed by atoms with Crippen LogP contribution in [0.15, 0.2) is 24.3 Å². The fourth-order valence-electron chi connectivity index (χ4n) is 12.3. The summed E-state index contributed by atoms with van der Waals surface area (Å²) in [5.41, 5.74) is 6.29. The molecule has 0 spiro atoms. The van der Waals surface area contributed by atoms with Gasteiger partial charge >= 0.3 is 12.1 Å². The van der Waals surface area contributed by atoms with Crippen LogP contribution in [-0.2, 0) is 73.7 Å². The zero-order chi connectivity index (χ0) is 82.7. The van der Waals surface area contributed by atoms with Gasteiger partial charge in [-0.1, -0.05) is 151 Å². The van der Waals surface area contributed by atoms with Crippen molar-refractivity contribution in [2.24, 2.45) is 41.2 Å². The molecule has 1 aromatic carbocycles. The number of likely N-dealkylation sites (N-methyl/N-ethyl adjacent to an activating group) is 6. The minimum atomic E-state index is -0.984. The molecule has 624 valence electrons. The Morgan fingerprint density at radius 2 is 0.918 bits per heavy atom. The van der Waals surface area contributed by atoms with Crippen LogP contribution in [0.1, 0.15) is 241 Å². The largest absolute Gasteiger partial charge is 0.445 e. The van der Waals surface area contributed by atoms with Crippen molar-refractivity contribution in [3.8, 4) is 0 Å². The maximum atomic E-state index is 14.2. The normalized spacial score (nSPS) is 12.2. The summed E-state index contributed by atoms with van der Waals surface area (Å²) in [4.78, 5) is 204. The molecular formula is C81H139N13O16. The lowest BCUT2D eigenvalue weighted by molar-refractivity contribution is -0.143. The number of ether oxygens (including phenoxy) is 1. The molecular weight excluding hydrogens is 1410 g/mol. The summed E-state index contributed by atoms with van der Waals surface area (Å²) < 4.78 is 5.45. The van der Waals surface area contributed by atoms with Gasteiger partial charge in [0.05, 0.1) is 32.2 Å². The van der Waals surface area contributed by atoms with E-state index >= 15 is 0 Å². The van der Waals surface area contributed by atoms with Crippen LogP contribution < -0.4 is 37.6 Å². The van der Waals surface area contributed by atoms with Crippen LogP contribution in [0.25, 0.3) is 0 Å². The molecule has 110 heavy (non-hydrogen) atoms. The average molecular weight is 1550 g/mol. The number of benzene rings is 1. The fraction of sp³-hybridized carbons (Fsp3) is 0.741. The first-order valence-corrected chi connectivity index (χ1v) is 40.3. The van der Waals surface area contributed by atoms with Crippen molar-refractivity contribution in [2.45, 2.75) is 248 Å². The van der Waals surface area contributed by atoms with E-state index in [0.29, 0.717) is 55.9 Å². The Bertz CT molecular complexity index is 3020. The highest BCUT2D eigenvalue weighted by Crippen LogP contribution is 2.22. The van der Waals surface area contributed by atoms with Crippen LogP contribution in [0.4, 0.5) is 15.3 Å². The number of rotatable bonds is 61. The van der Waals surface area contributed by atoms with Crippen LogP contribution in [0.3, 0.4) is 0 Å². The maximum Gasteiger partial charge on any atom is 0.409 e. The quantitative estimate of drug-likeness (QED) is 0.0301. The van der Waals surface area contributed by atoms with E-state index in [9.17, 15) is 71.9 Å². The highest BCUT2D eigenvalue weighted by Gasteiger charge is 2.32. The van der Waals surface area contributed by atoms with E-state index in [1.54, 1.807) is 77.9 Å². The molecule has 0 aliphatic rings. The number of nitrogens with two attached hydrogens (primary N) is 1. The number of Topliss-reactive ketones (excluding diaryl/α,β-unsaturated/α-hetero) is 3. The Labute approximate surface area is 656 Å². The number of carbonyl (C=O) groups is 15. The molecule has 0 aromatic heterocycles. The highest BCUT2D eigenvalue weighted by molar-refractivity contribution is 5.98. The van der Waals surface area contributed by atoms with E-state index in [1.165, 1.54) is 106 Å². The minimum Gasteiger partial charge on any atom is -0.445 e. The maximum absolute atomic E-state index is 14.2. The Hall–Kier alpha value is -8.53. The Kier molecular flexibility index (Phi) is 52.0. The lowest BCUT2D eigenvalue weighted by atomic mass is 9.89. The van der Waals surface area contributed by atoms with Gasteiger partial charge in [-0.15, -0.1) is 0 Å². The van der Waals surface area contributed by atoms with E-state index in [1.807, 2.05) is 0 Å². The molecule has 1 rings (SSSR count). The minimum absolute atomic E-state index is 0.0285. The number of amides is 13. The van der Waals surface area contributed by atoms with E-state index in [0.717, 1.165) is 43.4 Å². The average Bonchev–Trinajstić information content (AvgIpc) is 0.888. The second kappa shape index (κ2) is 57.5. The first-order valence-electron chi connectivity index (χ1n) is 40.3. The van der Waals surface area contributed by atoms with Gasteiger partial charge in [-0.2, -0.15) is 0 Å². The summed E-state index contributed by atoms with van der Waals surface area (Å²) in [5, 5.41) is 16.6. The second-order valence-corrected chi connectivity index (χ2v) is 30.8. The Morgan fingerprint density at radius 1 is 0.427 bits per heavy atom. The third-order valence-corrected chi connectivity index (χ3v) is 19.3. The molecule has 0 aliphatic heterocycles. The molecule has 13 amide bonds. The number of ketones is 3. The van der Waals surface area contributed by atoms with Crippen molar-refractivity contribution in [1.82, 2.24) is 56.0 Å². The van der Waals surface area contributed by atoms with Crippen molar-refractivity contribution in [3.05, 3.63) is 29.8 Å². The van der Waals surface area contributed by atoms with Gasteiger partial charge in [0.15, 0.2) is 17.3 Å². The van der Waals surface area contributed by atoms with Crippen LogP contribution in [0, 0.1) is 35.5 Å². The first-order chi connectivity index (χ1) is 52.1. The molecule has 29 heteroatoms. The van der Waals surface area contributed by atoms with Crippen LogP contribution in [0.5, 0.6) is 0 Å². The van der Waals surface area contributed by atoms with Gasteiger partial charge in [0.25, 0.3) is 0 Å². The van der Waals surface area contributed by atoms with Gasteiger partial charge in [0.1, 0.15) is 6.61 Å². The molecule has 0 bridgehead atoms. The fourth-order valence-corrected chi connectivity index (χ4v) is 12.3. The zero-order valence-electron chi connectivity index (χ0n) is 69.2. The van der Waals surface area contributed by atoms with Crippen molar-refractivity contribution < 1.29 is 76.7 Å². The lowest BCUT2D eigenvalue weighted by Gasteiger charge is -2.26. The standard InChI is InChI=1S/C81H139N13O16/c1-15-16-17-18-19-20-21-22-23-24-25-26-27-36-69(98)84-47-43-72(101)93(13)55-73(102)92(12)54-67(96)51-64(79(107)94(14)56-74(103)91(11)53-66(95)50-61(8)76(104)85-45-31-33-58(2)3)34-28-29-44-83-70(99)37-30-38-71(100)88-75(59(4)5)68(97)52-63(35-32-46-86-80(82)108)77(105)87-65-41-39-62(40-42-65)57-110-81(109)90(10)49-48-89(9)78(106)60(6)7/h39-42,58-61,63-64,75H,15-38,43-57H2,1-14H3,(H,83,99)(H,84,98)(H,85,104)(H,87,105)(H,88,100)(H3,82,86,108)/t61-,63-,64-,75+/m1/s1. The van der Waals surface area contributed by atoms with Crippen LogP contribution in [-0.4, -0.2) is 232 Å². The van der Waals surface area contributed by atoms with Crippen molar-refractivity contribution in [2.75, 3.05) is 113 Å². The third kappa shape index (κ3) is 46.2. The molecule has 0 saturated heterocycles. The zero-order valence-corrected chi connectivity index (χ0v) is 69.2. The molecule has 29 nitrogen and oxygen atoms in total. The molecule has 0 radical (unpaired) electrons. The number of unbranched alkanes of at least 4 members (excludes halogenated alkanes) is 13. The topological polar surface area (TPSA) is 383 Å². The number of carbonyl (C=O) groups excluding carboxylic acids is 15. The number of anilines is 1. The summed E-state index contributed by atoms with van der Waals surface area (Å²) in [7, 11) is 8.93. The van der Waals surface area contributed by atoms with Gasteiger partial charge < -0.3 is 71.8 Å². The van der Waals surface area contributed by atoms with E-state index < -0.39 is 90.1 Å². The number of nitrogens with zero attached hydrogens (tertiary/aromatic N) is 6. The molecule has 0 aliphatic carbocycles. The van der Waals surface area contributed by atoms with Crippen LogP contribution in [0.2, 0.25) is 0 Å². The Morgan fingerprint density at radius 3 is 1.48 bits per heavy atom. The van der Waals surface area contributed by atoms with Gasteiger partial charge in [-0.3, -0.25) is 62.3 Å². The molecule has 8 N–H and O–H groups in total. The number of hydrogen-bond donors (Lipinski definition) is 7. The molecule has 0 unspecified atom stereocenters. The van der Waals surface area contributed by atoms with Gasteiger partial charge in [0.2, 0.25) is 59.1 Å². The molecule has 0 heterocycles. The van der Waals surface area contributed by atoms with Gasteiger partial charge in [0, 0.05) is 156 Å². The number of hydrogen-bond acceptors (Lipinski definition) is 16. The van der Waals surface area contributed by atoms with E-state index in [-0.39, 0.29) is 151 Å². The number of nitrogens with one attached hydrogen (secondary N) is 6. The van der Waals surface area contributed by atoms with Crippen molar-refractivity contribution in [3.63, 3.8) is 0 Å². The van der Waals surface area contributed by atoms with E-state index in [4.69, 9.17) is 10.5 Å². The smallest absolute Gasteiger partial charge is 0.409 e. The summed E-state index contributed by atoms with van der Waals surface area (Å²) in [6.45, 7) is 15.1. The van der Waals surface area contributed by atoms with Gasteiger partial charge in [-0.05, 0) is 80.9 Å². The van der Waals surface area contributed by atoms with Gasteiger partial charge in [-0.25, -0.2) is 9.59 Å². The van der Waals surface area contributed by atoms with Crippen LogP contribution >= 0.6 is 0 Å². The van der Waals surface area contributed by atoms with E-state index in [2.05, 4.69) is 52.7 Å². The number of urea groups is 1. The first kappa shape index (κ1) is 99.5. The van der Waals surface area contributed by atoms with Crippen molar-refractivity contribution in [1.29, 1.82) is 0 Å². The Balaban J connectivity index is 2.95.